The lowest BCUT2D eigenvalue weighted by Crippen LogP contribution is -2.44. The number of nitrogens with zero attached hydrogens (tertiary/aromatic N) is 3. The van der Waals surface area contributed by atoms with E-state index in [4.69, 9.17) is 10.7 Å². The number of anilines is 1. The van der Waals surface area contributed by atoms with Crippen LogP contribution in [0.5, 0.6) is 0 Å². The van der Waals surface area contributed by atoms with Gasteiger partial charge < -0.3 is 16.0 Å². The van der Waals surface area contributed by atoms with E-state index in [1.54, 1.807) is 37.3 Å². The van der Waals surface area contributed by atoms with E-state index in [9.17, 15) is 9.18 Å². The Bertz CT molecular complexity index is 1370. The number of carbonyl (C=O) groups is 1. The summed E-state index contributed by atoms with van der Waals surface area (Å²) in [6.45, 7) is 8.16. The van der Waals surface area contributed by atoms with Gasteiger partial charge in [0, 0.05) is 37.6 Å². The molecule has 200 valence electrons. The molecule has 0 saturated carbocycles. The van der Waals surface area contributed by atoms with Gasteiger partial charge >= 0.3 is 0 Å². The fourth-order valence-electron chi connectivity index (χ4n) is 4.67. The summed E-state index contributed by atoms with van der Waals surface area (Å²) in [6.07, 6.45) is 8.04. The zero-order chi connectivity index (χ0) is 27.1. The fraction of sp³-hybridized carbons (Fsp3) is 0.367. The average Bonchev–Trinajstić information content (AvgIpc) is 3.36. The number of nitrogens with one attached hydrogen (secondary N) is 1. The van der Waals surface area contributed by atoms with E-state index in [0.717, 1.165) is 60.4 Å². The topological polar surface area (TPSA) is 84.1 Å². The largest absolute Gasteiger partial charge is 0.399 e. The quantitative estimate of drug-likeness (QED) is 0.291. The number of aromatic nitrogens is 2. The lowest BCUT2D eigenvalue weighted by molar-refractivity contribution is -0.132. The van der Waals surface area contributed by atoms with Crippen LogP contribution in [-0.4, -0.2) is 39.9 Å². The smallest absolute Gasteiger partial charge is 0.219 e. The first kappa shape index (κ1) is 27.7. The molecule has 0 bridgehead atoms. The van der Waals surface area contributed by atoms with Crippen molar-refractivity contribution >= 4 is 33.1 Å². The minimum absolute atomic E-state index is 0.139. The zero-order valence-corrected chi connectivity index (χ0v) is 23.2. The third-order valence-corrected chi connectivity index (χ3v) is 8.02. The summed E-state index contributed by atoms with van der Waals surface area (Å²) in [7, 11) is 0. The molecule has 0 unspecified atom stereocenters. The Morgan fingerprint density at radius 1 is 1.16 bits per heavy atom. The molecule has 1 aromatic carbocycles. The summed E-state index contributed by atoms with van der Waals surface area (Å²) in [4.78, 5) is 24.6. The van der Waals surface area contributed by atoms with Crippen molar-refractivity contribution in [3.8, 4) is 10.6 Å². The van der Waals surface area contributed by atoms with Crippen molar-refractivity contribution in [1.82, 2.24) is 20.2 Å². The molecule has 1 amide bonds. The molecule has 38 heavy (non-hydrogen) atoms. The van der Waals surface area contributed by atoms with Gasteiger partial charge in [-0.3, -0.25) is 14.8 Å². The van der Waals surface area contributed by atoms with Crippen LogP contribution in [0.3, 0.4) is 0 Å². The SMILES string of the molecule is CCCc1ccnc2cc(-c3ccc(CN(C(C)=O)C4CCNCC4)cn3)sc12.Cc1ccc(N)cc1F. The second kappa shape index (κ2) is 12.9. The number of nitrogens with two attached hydrogens (primary N) is 1. The van der Waals surface area contributed by atoms with E-state index < -0.39 is 0 Å². The first-order valence-corrected chi connectivity index (χ1v) is 14.0. The Morgan fingerprint density at radius 3 is 2.58 bits per heavy atom. The molecule has 1 fully saturated rings. The predicted molar refractivity (Wildman–Crippen MR) is 155 cm³/mol. The number of halogens is 1. The second-order valence-corrected chi connectivity index (χ2v) is 10.8. The number of fused-ring (bicyclic) bond motifs is 1. The molecule has 1 saturated heterocycles. The van der Waals surface area contributed by atoms with Gasteiger partial charge in [-0.25, -0.2) is 4.39 Å². The lowest BCUT2D eigenvalue weighted by Gasteiger charge is -2.34. The summed E-state index contributed by atoms with van der Waals surface area (Å²) >= 11 is 1.77. The predicted octanol–water partition coefficient (Wildman–Crippen LogP) is 6.13. The van der Waals surface area contributed by atoms with Crippen molar-refractivity contribution in [2.75, 3.05) is 18.8 Å². The second-order valence-electron chi connectivity index (χ2n) is 9.73. The van der Waals surface area contributed by atoms with Crippen LogP contribution < -0.4 is 11.1 Å². The van der Waals surface area contributed by atoms with Gasteiger partial charge in [0.05, 0.1) is 20.8 Å². The Labute approximate surface area is 228 Å². The summed E-state index contributed by atoms with van der Waals surface area (Å²) in [5.74, 6) is -0.102. The number of hydrogen-bond donors (Lipinski definition) is 2. The van der Waals surface area contributed by atoms with E-state index in [1.807, 2.05) is 17.3 Å². The van der Waals surface area contributed by atoms with Crippen molar-refractivity contribution < 1.29 is 9.18 Å². The Morgan fingerprint density at radius 2 is 1.95 bits per heavy atom. The monoisotopic (exact) mass is 533 g/mol. The molecule has 1 aliphatic heterocycles. The van der Waals surface area contributed by atoms with E-state index in [1.165, 1.54) is 16.3 Å². The van der Waals surface area contributed by atoms with Crippen molar-refractivity contribution in [3.63, 3.8) is 0 Å². The molecule has 6 nitrogen and oxygen atoms in total. The maximum Gasteiger partial charge on any atom is 0.219 e. The molecular weight excluding hydrogens is 497 g/mol. The third-order valence-electron chi connectivity index (χ3n) is 6.79. The van der Waals surface area contributed by atoms with Gasteiger partial charge in [-0.1, -0.05) is 25.5 Å². The van der Waals surface area contributed by atoms with E-state index >= 15 is 0 Å². The van der Waals surface area contributed by atoms with Crippen LogP contribution in [0.15, 0.2) is 54.9 Å². The van der Waals surface area contributed by atoms with Crippen LogP contribution in [0.4, 0.5) is 10.1 Å². The maximum absolute atomic E-state index is 12.5. The summed E-state index contributed by atoms with van der Waals surface area (Å²) in [6, 6.07) is 13.4. The maximum atomic E-state index is 12.5. The molecule has 0 radical (unpaired) electrons. The minimum atomic E-state index is -0.241. The first-order chi connectivity index (χ1) is 18.4. The molecule has 5 rings (SSSR count). The zero-order valence-electron chi connectivity index (χ0n) is 22.3. The first-order valence-electron chi connectivity index (χ1n) is 13.2. The standard InChI is InChI=1S/C23H28N4OS.C7H8FN/c1-3-4-18-7-12-25-21-13-22(29-23(18)21)20-6-5-17(14-26-20)15-27(16(2)28)19-8-10-24-11-9-19;1-5-2-3-6(9)4-7(5)8/h5-7,12-14,19,24H,3-4,8-11,15H2,1-2H3;2-4H,9H2,1H3. The van der Waals surface area contributed by atoms with Gasteiger partial charge in [-0.15, -0.1) is 11.3 Å². The number of aryl methyl sites for hydroxylation is 2. The number of thiophene rings is 1. The van der Waals surface area contributed by atoms with Crippen LogP contribution in [0.1, 0.15) is 49.8 Å². The molecule has 3 aromatic heterocycles. The fourth-order valence-corrected chi connectivity index (χ4v) is 5.80. The van der Waals surface area contributed by atoms with Crippen LogP contribution in [-0.2, 0) is 17.8 Å². The van der Waals surface area contributed by atoms with Crippen molar-refractivity contribution in [1.29, 1.82) is 0 Å². The number of pyridine rings is 2. The number of hydrogen-bond acceptors (Lipinski definition) is 6. The normalized spacial score (nSPS) is 13.7. The molecule has 0 spiro atoms. The lowest BCUT2D eigenvalue weighted by atomic mass is 10.0. The highest BCUT2D eigenvalue weighted by atomic mass is 32.1. The van der Waals surface area contributed by atoms with E-state index in [0.29, 0.717) is 23.8 Å². The highest BCUT2D eigenvalue weighted by Gasteiger charge is 2.23. The molecule has 0 atom stereocenters. The molecule has 8 heteroatoms. The van der Waals surface area contributed by atoms with Gasteiger partial charge in [-0.2, -0.15) is 0 Å². The van der Waals surface area contributed by atoms with Gasteiger partial charge in [0.15, 0.2) is 0 Å². The van der Waals surface area contributed by atoms with Gasteiger partial charge in [0.25, 0.3) is 0 Å². The summed E-state index contributed by atoms with van der Waals surface area (Å²) < 4.78 is 13.8. The molecule has 4 heterocycles. The highest BCUT2D eigenvalue weighted by Crippen LogP contribution is 2.34. The van der Waals surface area contributed by atoms with Crippen LogP contribution >= 0.6 is 11.3 Å². The molecular formula is C30H36FN5OS. The number of rotatable bonds is 6. The van der Waals surface area contributed by atoms with E-state index in [2.05, 4.69) is 41.5 Å². The molecule has 4 aromatic rings. The molecule has 0 aliphatic carbocycles. The van der Waals surface area contributed by atoms with Crippen LogP contribution in [0.25, 0.3) is 20.8 Å². The van der Waals surface area contributed by atoms with E-state index in [-0.39, 0.29) is 11.7 Å². The number of carbonyl (C=O) groups excluding carboxylic acids is 1. The molecule has 1 aliphatic rings. The van der Waals surface area contributed by atoms with Crippen molar-refractivity contribution in [2.45, 2.75) is 59.0 Å². The minimum Gasteiger partial charge on any atom is -0.399 e. The Balaban J connectivity index is 0.000000317. The number of piperidine rings is 1. The van der Waals surface area contributed by atoms with Gasteiger partial charge in [0.2, 0.25) is 5.91 Å². The third kappa shape index (κ3) is 6.94. The highest BCUT2D eigenvalue weighted by molar-refractivity contribution is 7.22. The van der Waals surface area contributed by atoms with Crippen molar-refractivity contribution in [2.24, 2.45) is 0 Å². The molecule has 3 N–H and O–H groups in total. The van der Waals surface area contributed by atoms with Crippen LogP contribution in [0, 0.1) is 12.7 Å². The number of benzene rings is 1. The Hall–Kier alpha value is -3.36. The number of nitrogen functional groups attached to an aromatic ring is 1. The average molecular weight is 534 g/mol. The summed E-state index contributed by atoms with van der Waals surface area (Å²) in [5.41, 5.74) is 10.8. The van der Waals surface area contributed by atoms with Gasteiger partial charge in [-0.05, 0) is 86.3 Å². The van der Waals surface area contributed by atoms with Crippen molar-refractivity contribution in [3.05, 3.63) is 77.4 Å². The van der Waals surface area contributed by atoms with Crippen LogP contribution in [0.2, 0.25) is 0 Å². The summed E-state index contributed by atoms with van der Waals surface area (Å²) in [5, 5.41) is 3.37. The van der Waals surface area contributed by atoms with Gasteiger partial charge in [0.1, 0.15) is 5.82 Å². The Kier molecular flexibility index (Phi) is 9.42. The number of amides is 1.